The average Bonchev–Trinajstić information content (AvgIpc) is 3.76. The molecule has 0 radical (unpaired) electrons. The van der Waals surface area contributed by atoms with Crippen molar-refractivity contribution in [1.82, 2.24) is 24.8 Å². The van der Waals surface area contributed by atoms with E-state index in [-0.39, 0.29) is 72.7 Å². The Labute approximate surface area is 323 Å². The number of aromatic nitrogens is 3. The van der Waals surface area contributed by atoms with Crippen LogP contribution in [0, 0.1) is 11.6 Å². The Kier molecular flexibility index (Phi) is 9.10. The predicted molar refractivity (Wildman–Crippen MR) is 202 cm³/mol. The molecule has 2 aromatic heterocycles. The molecular formula is C41H47F3N6O6. The van der Waals surface area contributed by atoms with Crippen molar-refractivity contribution >= 4 is 33.6 Å². The molecule has 2 bridgehead atoms. The van der Waals surface area contributed by atoms with Crippen LogP contribution in [0.1, 0.15) is 65.4 Å². The summed E-state index contributed by atoms with van der Waals surface area (Å²) in [5.41, 5.74) is -0.665. The van der Waals surface area contributed by atoms with Crippen LogP contribution < -0.4 is 19.1 Å². The van der Waals surface area contributed by atoms with Gasteiger partial charge in [0, 0.05) is 32.2 Å². The minimum Gasteiger partial charge on any atom is -0.475 e. The highest BCUT2D eigenvalue weighted by Crippen LogP contribution is 2.47. The summed E-state index contributed by atoms with van der Waals surface area (Å²) < 4.78 is 77.5. The number of ether oxygens (including phenoxy) is 5. The van der Waals surface area contributed by atoms with E-state index in [0.717, 1.165) is 25.8 Å². The molecule has 12 nitrogen and oxygen atoms in total. The first-order valence-corrected chi connectivity index (χ1v) is 19.6. The number of methoxy groups -OCH3 is 1. The van der Waals surface area contributed by atoms with E-state index >= 15 is 8.78 Å². The second-order valence-electron chi connectivity index (χ2n) is 16.7. The molecular weight excluding hydrogens is 729 g/mol. The summed E-state index contributed by atoms with van der Waals surface area (Å²) >= 11 is 0. The number of carbonyl (C=O) groups excluding carboxylic acids is 1. The number of hydrogen-bond acceptors (Lipinski definition) is 11. The van der Waals surface area contributed by atoms with Crippen molar-refractivity contribution in [1.29, 1.82) is 0 Å². The summed E-state index contributed by atoms with van der Waals surface area (Å²) in [5.74, 6) is -0.320. The van der Waals surface area contributed by atoms with E-state index in [1.165, 1.54) is 13.2 Å². The minimum atomic E-state index is -0.958. The van der Waals surface area contributed by atoms with E-state index in [1.54, 1.807) is 18.2 Å². The van der Waals surface area contributed by atoms with Gasteiger partial charge in [0.2, 0.25) is 5.88 Å². The highest BCUT2D eigenvalue weighted by molar-refractivity contribution is 6.03. The molecule has 0 spiro atoms. The van der Waals surface area contributed by atoms with Crippen molar-refractivity contribution in [3.8, 4) is 28.9 Å². The van der Waals surface area contributed by atoms with E-state index in [4.69, 9.17) is 38.6 Å². The number of nitrogens with zero attached hydrogens (tertiary/aromatic N) is 6. The van der Waals surface area contributed by atoms with E-state index in [1.807, 2.05) is 32.6 Å². The maximum absolute atomic E-state index is 17.6. The fourth-order valence-electron chi connectivity index (χ4n) is 9.78. The Morgan fingerprint density at radius 2 is 1.89 bits per heavy atom. The van der Waals surface area contributed by atoms with Gasteiger partial charge in [0.1, 0.15) is 59.0 Å². The Hall–Kier alpha value is -4.63. The Bertz CT molecular complexity index is 2220. The number of rotatable bonds is 8. The van der Waals surface area contributed by atoms with Gasteiger partial charge >= 0.3 is 12.1 Å². The molecule has 0 N–H and O–H groups in total. The highest BCUT2D eigenvalue weighted by atomic mass is 19.1. The van der Waals surface area contributed by atoms with Crippen LogP contribution in [0.2, 0.25) is 0 Å². The molecule has 4 saturated heterocycles. The van der Waals surface area contributed by atoms with Gasteiger partial charge in [-0.3, -0.25) is 9.80 Å². The summed E-state index contributed by atoms with van der Waals surface area (Å²) in [6.45, 7) is 9.09. The van der Waals surface area contributed by atoms with E-state index in [2.05, 4.69) is 9.80 Å². The third-order valence-electron chi connectivity index (χ3n) is 12.1. The van der Waals surface area contributed by atoms with Crippen molar-refractivity contribution in [2.45, 2.75) is 102 Å². The van der Waals surface area contributed by atoms with Gasteiger partial charge in [-0.25, -0.2) is 22.9 Å². The molecule has 5 aliphatic rings. The summed E-state index contributed by atoms with van der Waals surface area (Å²) in [6, 6.07) is 5.50. The normalized spacial score (nSPS) is 25.6. The van der Waals surface area contributed by atoms with Gasteiger partial charge in [-0.2, -0.15) is 9.97 Å². The summed E-state index contributed by atoms with van der Waals surface area (Å²) in [6.07, 6.45) is 2.50. The molecule has 5 aliphatic heterocycles. The predicted octanol–water partition coefficient (Wildman–Crippen LogP) is 6.97. The number of hydrogen-bond donors (Lipinski definition) is 0. The van der Waals surface area contributed by atoms with Crippen LogP contribution in [0.3, 0.4) is 0 Å². The van der Waals surface area contributed by atoms with Crippen LogP contribution in [0.25, 0.3) is 32.9 Å². The number of amides is 1. The van der Waals surface area contributed by atoms with Crippen molar-refractivity contribution in [3.05, 3.63) is 41.5 Å². The molecule has 0 aliphatic carbocycles. The van der Waals surface area contributed by atoms with Crippen molar-refractivity contribution in [2.75, 3.05) is 51.7 Å². The SMILES string of the molecule is CCc1c(F)ccc2cc(OCOC)cc(-c3nc4c5c(nc(OC[C@@]67CCCN6C[C@@H](F)C7)nc5c3F)N3C[C@H]5CC[C@@H]([C@H]3CO4)N5C(=O)OC(C)(C)C)c12. The lowest BCUT2D eigenvalue weighted by Gasteiger charge is -2.46. The number of halogens is 3. The fourth-order valence-corrected chi connectivity index (χ4v) is 9.78. The second kappa shape index (κ2) is 13.8. The van der Waals surface area contributed by atoms with Crippen LogP contribution in [-0.4, -0.2) is 113 Å². The van der Waals surface area contributed by atoms with Gasteiger partial charge in [-0.05, 0) is 94.0 Å². The molecule has 56 heavy (non-hydrogen) atoms. The smallest absolute Gasteiger partial charge is 0.410 e. The summed E-state index contributed by atoms with van der Waals surface area (Å²) in [4.78, 5) is 34.1. The van der Waals surface area contributed by atoms with E-state index < -0.39 is 28.9 Å². The number of carbonyl (C=O) groups is 1. The van der Waals surface area contributed by atoms with Gasteiger partial charge < -0.3 is 28.6 Å². The first-order valence-electron chi connectivity index (χ1n) is 19.6. The summed E-state index contributed by atoms with van der Waals surface area (Å²) in [7, 11) is 1.50. The van der Waals surface area contributed by atoms with Gasteiger partial charge in [-0.1, -0.05) is 13.0 Å². The standard InChI is InChI=1S/C41H47F3N6O6/c1-6-26-28(43)10-8-22-14-25(55-21-52-5)15-27(31(22)26)34-33(44)35-32-36(47-38(46-35)54-20-41-12-7-13-48(41)17-23(42)16-41)49-18-24-9-11-29(30(49)19-53-37(32)45-34)50(24)39(51)56-40(2,3)4/h8,10,14-15,23-24,29-30H,6-7,9,11-13,16-21H2,1-5H3/t23-,24+,29-,30+,41-/m0/s1. The van der Waals surface area contributed by atoms with Crippen LogP contribution >= 0.6 is 0 Å². The number of benzene rings is 2. The molecule has 15 heteroatoms. The Morgan fingerprint density at radius 1 is 1.05 bits per heavy atom. The topological polar surface area (TPSA) is 112 Å². The lowest BCUT2D eigenvalue weighted by Crippen LogP contribution is -2.63. The second-order valence-corrected chi connectivity index (χ2v) is 16.7. The number of alkyl halides is 1. The first-order chi connectivity index (χ1) is 26.9. The van der Waals surface area contributed by atoms with Crippen LogP contribution in [0.5, 0.6) is 17.6 Å². The third-order valence-corrected chi connectivity index (χ3v) is 12.1. The Balaban J connectivity index is 1.21. The Morgan fingerprint density at radius 3 is 2.68 bits per heavy atom. The number of piperazine rings is 1. The van der Waals surface area contributed by atoms with Crippen molar-refractivity contribution in [3.63, 3.8) is 0 Å². The number of aryl methyl sites for hydroxylation is 1. The highest BCUT2D eigenvalue weighted by Gasteiger charge is 2.52. The largest absolute Gasteiger partial charge is 0.475 e. The molecule has 298 valence electrons. The van der Waals surface area contributed by atoms with Gasteiger partial charge in [0.05, 0.1) is 23.7 Å². The zero-order chi connectivity index (χ0) is 39.1. The van der Waals surface area contributed by atoms with Crippen molar-refractivity contribution in [2.24, 2.45) is 0 Å². The van der Waals surface area contributed by atoms with Gasteiger partial charge in [0.25, 0.3) is 0 Å². The molecule has 5 atom stereocenters. The summed E-state index contributed by atoms with van der Waals surface area (Å²) in [5, 5.41) is 1.39. The zero-order valence-corrected chi connectivity index (χ0v) is 32.4. The van der Waals surface area contributed by atoms with Crippen LogP contribution in [-0.2, 0) is 15.9 Å². The first kappa shape index (κ1) is 37.0. The van der Waals surface area contributed by atoms with E-state index in [0.29, 0.717) is 65.8 Å². The third kappa shape index (κ3) is 6.12. The fraction of sp³-hybridized carbons (Fsp3) is 0.561. The average molecular weight is 777 g/mol. The maximum Gasteiger partial charge on any atom is 0.410 e. The molecule has 4 fully saturated rings. The van der Waals surface area contributed by atoms with E-state index in [9.17, 15) is 9.18 Å². The number of fused-ring (bicyclic) bond motifs is 7. The van der Waals surface area contributed by atoms with Crippen LogP contribution in [0.15, 0.2) is 24.3 Å². The molecule has 0 saturated carbocycles. The minimum absolute atomic E-state index is 0.0528. The van der Waals surface area contributed by atoms with Gasteiger partial charge in [0.15, 0.2) is 12.6 Å². The zero-order valence-electron chi connectivity index (χ0n) is 32.4. The lowest BCUT2D eigenvalue weighted by molar-refractivity contribution is 0.00537. The molecule has 9 rings (SSSR count). The van der Waals surface area contributed by atoms with Crippen LogP contribution in [0.4, 0.5) is 23.8 Å². The molecule has 4 aromatic rings. The van der Waals surface area contributed by atoms with Crippen molar-refractivity contribution < 1.29 is 41.7 Å². The monoisotopic (exact) mass is 776 g/mol. The van der Waals surface area contributed by atoms with Gasteiger partial charge in [-0.15, -0.1) is 0 Å². The maximum atomic E-state index is 17.6. The quantitative estimate of drug-likeness (QED) is 0.173. The molecule has 7 heterocycles. The molecule has 2 aromatic carbocycles. The molecule has 1 amide bonds. The molecule has 0 unspecified atom stereocenters. The lowest BCUT2D eigenvalue weighted by atomic mass is 9.94. The number of anilines is 1. The number of pyridine rings is 1.